The molecule has 1 heteroatoms. The zero-order chi connectivity index (χ0) is 11.5. The first kappa shape index (κ1) is 13.0. The molecule has 0 aliphatic heterocycles. The predicted octanol–water partition coefficient (Wildman–Crippen LogP) is 3.82. The molecule has 1 aliphatic rings. The zero-order valence-electron chi connectivity index (χ0n) is 11.1. The molecule has 0 heterocycles. The molecule has 0 aromatic rings. The van der Waals surface area contributed by atoms with Gasteiger partial charge in [-0.3, -0.25) is 0 Å². The first-order chi connectivity index (χ1) is 7.01. The molecule has 1 rings (SSSR count). The molecule has 0 aromatic carbocycles. The fourth-order valence-electron chi connectivity index (χ4n) is 2.95. The summed E-state index contributed by atoms with van der Waals surface area (Å²) in [6, 6.07) is 0. The van der Waals surface area contributed by atoms with Crippen molar-refractivity contribution in [2.24, 2.45) is 28.9 Å². The molecule has 0 aromatic heterocycles. The Kier molecular flexibility index (Phi) is 4.64. The van der Waals surface area contributed by atoms with Gasteiger partial charge in [0, 0.05) is 0 Å². The van der Waals surface area contributed by atoms with Crippen LogP contribution < -0.4 is 5.73 Å². The molecule has 1 unspecified atom stereocenters. The molecule has 1 atom stereocenters. The Hall–Kier alpha value is -0.0400. The minimum Gasteiger partial charge on any atom is -0.330 e. The molecule has 1 nitrogen and oxygen atoms in total. The van der Waals surface area contributed by atoms with Crippen LogP contribution in [-0.2, 0) is 0 Å². The van der Waals surface area contributed by atoms with E-state index in [1.54, 1.807) is 0 Å². The van der Waals surface area contributed by atoms with E-state index in [2.05, 4.69) is 27.7 Å². The van der Waals surface area contributed by atoms with Gasteiger partial charge in [-0.1, -0.05) is 34.1 Å². The van der Waals surface area contributed by atoms with Gasteiger partial charge < -0.3 is 5.73 Å². The highest BCUT2D eigenvalue weighted by Crippen LogP contribution is 2.43. The summed E-state index contributed by atoms with van der Waals surface area (Å²) < 4.78 is 0. The first-order valence-corrected chi connectivity index (χ1v) is 6.71. The van der Waals surface area contributed by atoms with Gasteiger partial charge in [-0.05, 0) is 55.4 Å². The van der Waals surface area contributed by atoms with Crippen molar-refractivity contribution in [3.05, 3.63) is 0 Å². The molecule has 0 spiro atoms. The van der Waals surface area contributed by atoms with Crippen LogP contribution in [0.4, 0.5) is 0 Å². The van der Waals surface area contributed by atoms with Crippen LogP contribution in [0.25, 0.3) is 0 Å². The van der Waals surface area contributed by atoms with Gasteiger partial charge >= 0.3 is 0 Å². The third-order valence-corrected chi connectivity index (χ3v) is 4.96. The van der Waals surface area contributed by atoms with Crippen LogP contribution in [0.1, 0.15) is 59.8 Å². The van der Waals surface area contributed by atoms with Crippen molar-refractivity contribution in [3.63, 3.8) is 0 Å². The van der Waals surface area contributed by atoms with Gasteiger partial charge in [0.15, 0.2) is 0 Å². The monoisotopic (exact) mass is 211 g/mol. The van der Waals surface area contributed by atoms with E-state index in [9.17, 15) is 0 Å². The van der Waals surface area contributed by atoms with Gasteiger partial charge in [0.2, 0.25) is 0 Å². The number of rotatable bonds is 4. The highest BCUT2D eigenvalue weighted by Gasteiger charge is 2.32. The zero-order valence-corrected chi connectivity index (χ0v) is 11.1. The molecule has 0 radical (unpaired) electrons. The maximum atomic E-state index is 5.75. The van der Waals surface area contributed by atoms with Crippen molar-refractivity contribution in [2.45, 2.75) is 59.8 Å². The van der Waals surface area contributed by atoms with Crippen molar-refractivity contribution in [3.8, 4) is 0 Å². The van der Waals surface area contributed by atoms with Crippen LogP contribution in [-0.4, -0.2) is 6.54 Å². The fourth-order valence-corrected chi connectivity index (χ4v) is 2.95. The summed E-state index contributed by atoms with van der Waals surface area (Å²) >= 11 is 0. The third kappa shape index (κ3) is 3.21. The van der Waals surface area contributed by atoms with Crippen LogP contribution in [0.2, 0.25) is 0 Å². The third-order valence-electron chi connectivity index (χ3n) is 4.96. The maximum absolute atomic E-state index is 5.75. The molecular formula is C14H29N. The summed E-state index contributed by atoms with van der Waals surface area (Å²) in [5.74, 6) is 2.58. The second kappa shape index (κ2) is 5.34. The van der Waals surface area contributed by atoms with E-state index in [-0.39, 0.29) is 0 Å². The minimum absolute atomic E-state index is 0.553. The largest absolute Gasteiger partial charge is 0.330 e. The van der Waals surface area contributed by atoms with E-state index in [0.29, 0.717) is 5.41 Å². The van der Waals surface area contributed by atoms with E-state index in [1.165, 1.54) is 32.1 Å². The lowest BCUT2D eigenvalue weighted by Crippen LogP contribution is -2.31. The highest BCUT2D eigenvalue weighted by molar-refractivity contribution is 4.84. The van der Waals surface area contributed by atoms with Gasteiger partial charge in [0.05, 0.1) is 0 Å². The smallest absolute Gasteiger partial charge is 0.00489 e. The molecule has 1 fully saturated rings. The molecule has 0 amide bonds. The summed E-state index contributed by atoms with van der Waals surface area (Å²) in [6.07, 6.45) is 6.99. The molecule has 15 heavy (non-hydrogen) atoms. The van der Waals surface area contributed by atoms with E-state index < -0.39 is 0 Å². The van der Waals surface area contributed by atoms with Gasteiger partial charge in [-0.15, -0.1) is 0 Å². The van der Waals surface area contributed by atoms with Gasteiger partial charge in [-0.2, -0.15) is 0 Å². The SMILES string of the molecule is CCC(C)(C)C1CCC(C(C)CN)CC1. The van der Waals surface area contributed by atoms with E-state index in [1.807, 2.05) is 0 Å². The Balaban J connectivity index is 2.42. The quantitative estimate of drug-likeness (QED) is 0.751. The van der Waals surface area contributed by atoms with Crippen molar-refractivity contribution >= 4 is 0 Å². The Morgan fingerprint density at radius 1 is 1.20 bits per heavy atom. The Morgan fingerprint density at radius 3 is 2.13 bits per heavy atom. The average molecular weight is 211 g/mol. The predicted molar refractivity (Wildman–Crippen MR) is 67.7 cm³/mol. The standard InChI is InChI=1S/C14H29N/c1-5-14(3,4)13-8-6-12(7-9-13)11(2)10-15/h11-13H,5-10,15H2,1-4H3. The normalized spacial score (nSPS) is 30.2. The Labute approximate surface area is 95.8 Å². The Morgan fingerprint density at radius 2 is 1.73 bits per heavy atom. The molecule has 1 aliphatic carbocycles. The van der Waals surface area contributed by atoms with Crippen molar-refractivity contribution in [1.29, 1.82) is 0 Å². The van der Waals surface area contributed by atoms with Crippen LogP contribution in [0.15, 0.2) is 0 Å². The first-order valence-electron chi connectivity index (χ1n) is 6.71. The van der Waals surface area contributed by atoms with E-state index >= 15 is 0 Å². The van der Waals surface area contributed by atoms with Crippen molar-refractivity contribution in [1.82, 2.24) is 0 Å². The summed E-state index contributed by atoms with van der Waals surface area (Å²) in [6.45, 7) is 10.4. The number of hydrogen-bond donors (Lipinski definition) is 1. The summed E-state index contributed by atoms with van der Waals surface area (Å²) in [5, 5.41) is 0. The lowest BCUT2D eigenvalue weighted by atomic mass is 9.66. The summed E-state index contributed by atoms with van der Waals surface area (Å²) in [4.78, 5) is 0. The van der Waals surface area contributed by atoms with Crippen molar-refractivity contribution in [2.75, 3.05) is 6.54 Å². The molecule has 0 bridgehead atoms. The van der Waals surface area contributed by atoms with Crippen LogP contribution >= 0.6 is 0 Å². The summed E-state index contributed by atoms with van der Waals surface area (Å²) in [5.41, 5.74) is 6.30. The minimum atomic E-state index is 0.553. The van der Waals surface area contributed by atoms with Gasteiger partial charge in [0.25, 0.3) is 0 Å². The highest BCUT2D eigenvalue weighted by atomic mass is 14.6. The van der Waals surface area contributed by atoms with Gasteiger partial charge in [0.1, 0.15) is 0 Å². The lowest BCUT2D eigenvalue weighted by molar-refractivity contribution is 0.112. The second-order valence-electron chi connectivity index (χ2n) is 6.17. The topological polar surface area (TPSA) is 26.0 Å². The number of hydrogen-bond acceptors (Lipinski definition) is 1. The molecule has 90 valence electrons. The van der Waals surface area contributed by atoms with Crippen LogP contribution in [0.3, 0.4) is 0 Å². The fraction of sp³-hybridized carbons (Fsp3) is 1.00. The molecular weight excluding hydrogens is 182 g/mol. The molecule has 2 N–H and O–H groups in total. The average Bonchev–Trinajstić information content (AvgIpc) is 2.28. The van der Waals surface area contributed by atoms with Crippen LogP contribution in [0, 0.1) is 23.2 Å². The second-order valence-corrected chi connectivity index (χ2v) is 6.17. The van der Waals surface area contributed by atoms with E-state index in [0.717, 1.165) is 24.3 Å². The maximum Gasteiger partial charge on any atom is -0.00489 e. The molecule has 1 saturated carbocycles. The van der Waals surface area contributed by atoms with E-state index in [4.69, 9.17) is 5.73 Å². The van der Waals surface area contributed by atoms with Crippen LogP contribution in [0.5, 0.6) is 0 Å². The summed E-state index contributed by atoms with van der Waals surface area (Å²) in [7, 11) is 0. The number of nitrogens with two attached hydrogens (primary N) is 1. The van der Waals surface area contributed by atoms with Gasteiger partial charge in [-0.25, -0.2) is 0 Å². The van der Waals surface area contributed by atoms with Crippen molar-refractivity contribution < 1.29 is 0 Å². The molecule has 0 saturated heterocycles. The lowest BCUT2D eigenvalue weighted by Gasteiger charge is -2.40. The Bertz CT molecular complexity index is 178.